The third kappa shape index (κ3) is 0.330. The molecule has 54 valence electrons. The second-order valence-electron chi connectivity index (χ2n) is 4.23. The van der Waals surface area contributed by atoms with Crippen LogP contribution in [0.4, 0.5) is 0 Å². The molecule has 4 rings (SSSR count). The van der Waals surface area contributed by atoms with Crippen LogP contribution >= 0.6 is 0 Å². The van der Waals surface area contributed by atoms with E-state index in [-0.39, 0.29) is 0 Å². The van der Waals surface area contributed by atoms with Gasteiger partial charge in [-0.3, -0.25) is 0 Å². The zero-order chi connectivity index (χ0) is 6.34. The van der Waals surface area contributed by atoms with Gasteiger partial charge in [-0.15, -0.1) is 0 Å². The maximum absolute atomic E-state index is 5.54. The Morgan fingerprint density at radius 1 is 1.30 bits per heavy atom. The minimum atomic E-state index is 0.350. The average molecular weight is 138 g/mol. The van der Waals surface area contributed by atoms with Crippen LogP contribution in [0.5, 0.6) is 0 Å². The van der Waals surface area contributed by atoms with Gasteiger partial charge in [0, 0.05) is 5.92 Å². The molecule has 2 aliphatic carbocycles. The van der Waals surface area contributed by atoms with Crippen LogP contribution in [0, 0.1) is 11.8 Å². The molecule has 0 aromatic carbocycles. The van der Waals surface area contributed by atoms with E-state index in [1.165, 1.54) is 12.8 Å². The Morgan fingerprint density at radius 2 is 2.20 bits per heavy atom. The van der Waals surface area contributed by atoms with Crippen molar-refractivity contribution < 1.29 is 9.47 Å². The first-order chi connectivity index (χ1) is 4.89. The first-order valence-corrected chi connectivity index (χ1v) is 4.18. The van der Waals surface area contributed by atoms with Crippen LogP contribution in [0.3, 0.4) is 0 Å². The van der Waals surface area contributed by atoms with Crippen molar-refractivity contribution in [1.29, 1.82) is 0 Å². The third-order valence-corrected chi connectivity index (χ3v) is 3.78. The zero-order valence-electron chi connectivity index (χ0n) is 5.75. The molecule has 2 aliphatic heterocycles. The van der Waals surface area contributed by atoms with Crippen molar-refractivity contribution in [2.24, 2.45) is 11.8 Å². The van der Waals surface area contributed by atoms with Crippen molar-refractivity contribution in [3.05, 3.63) is 0 Å². The lowest BCUT2D eigenvalue weighted by atomic mass is 9.89. The number of epoxide rings is 2. The molecular formula is C8H10O2. The van der Waals surface area contributed by atoms with Gasteiger partial charge in [-0.25, -0.2) is 0 Å². The van der Waals surface area contributed by atoms with Crippen LogP contribution in [0.1, 0.15) is 12.8 Å². The van der Waals surface area contributed by atoms with Gasteiger partial charge in [-0.2, -0.15) is 0 Å². The van der Waals surface area contributed by atoms with Crippen molar-refractivity contribution in [3.63, 3.8) is 0 Å². The molecule has 2 heterocycles. The zero-order valence-corrected chi connectivity index (χ0v) is 5.75. The first-order valence-electron chi connectivity index (χ1n) is 4.18. The van der Waals surface area contributed by atoms with E-state index in [1.54, 1.807) is 0 Å². The van der Waals surface area contributed by atoms with Crippen molar-refractivity contribution in [3.8, 4) is 0 Å². The molecule has 1 spiro atoms. The predicted molar refractivity (Wildman–Crippen MR) is 33.6 cm³/mol. The van der Waals surface area contributed by atoms with E-state index in [0.29, 0.717) is 17.8 Å². The molecule has 0 aromatic rings. The van der Waals surface area contributed by atoms with Crippen LogP contribution in [0.2, 0.25) is 0 Å². The summed E-state index contributed by atoms with van der Waals surface area (Å²) >= 11 is 0. The summed E-state index contributed by atoms with van der Waals surface area (Å²) in [4.78, 5) is 0. The first kappa shape index (κ1) is 4.73. The van der Waals surface area contributed by atoms with Crippen molar-refractivity contribution in [2.75, 3.05) is 6.61 Å². The molecule has 5 atom stereocenters. The molecule has 2 nitrogen and oxygen atoms in total. The van der Waals surface area contributed by atoms with Gasteiger partial charge in [0.1, 0.15) is 0 Å². The summed E-state index contributed by atoms with van der Waals surface area (Å²) in [6, 6.07) is 0. The van der Waals surface area contributed by atoms with Gasteiger partial charge in [-0.1, -0.05) is 0 Å². The van der Waals surface area contributed by atoms with Crippen molar-refractivity contribution in [1.82, 2.24) is 0 Å². The summed E-state index contributed by atoms with van der Waals surface area (Å²) in [7, 11) is 0. The highest BCUT2D eigenvalue weighted by molar-refractivity contribution is 5.21. The molecule has 2 saturated heterocycles. The molecule has 4 aliphatic rings. The van der Waals surface area contributed by atoms with Crippen LogP contribution < -0.4 is 0 Å². The lowest BCUT2D eigenvalue weighted by Crippen LogP contribution is -2.25. The number of rotatable bonds is 0. The van der Waals surface area contributed by atoms with Crippen LogP contribution in [0.25, 0.3) is 0 Å². The molecule has 0 radical (unpaired) electrons. The highest BCUT2D eigenvalue weighted by atomic mass is 16.6. The Bertz CT molecular complexity index is 209. The maximum Gasteiger partial charge on any atom is 0.0973 e. The fourth-order valence-corrected chi connectivity index (χ4v) is 3.17. The Labute approximate surface area is 59.5 Å². The average Bonchev–Trinajstić information content (AvgIpc) is 2.77. The van der Waals surface area contributed by atoms with E-state index >= 15 is 0 Å². The lowest BCUT2D eigenvalue weighted by Gasteiger charge is -2.12. The smallest absolute Gasteiger partial charge is 0.0973 e. The summed E-state index contributed by atoms with van der Waals surface area (Å²) in [5.74, 6) is 1.67. The van der Waals surface area contributed by atoms with Gasteiger partial charge in [0.05, 0.1) is 24.4 Å². The summed E-state index contributed by atoms with van der Waals surface area (Å²) in [6.45, 7) is 1.03. The molecule has 0 unspecified atom stereocenters. The standard InChI is InChI=1S/C8H10O2/c1-4-2-8(3-9-8)5(1)7-6(4)10-7/h4-7H,1-3H2/t4-,5-,6-,7+,8+/m0/s1. The fraction of sp³-hybridized carbons (Fsp3) is 1.00. The molecule has 2 bridgehead atoms. The summed E-state index contributed by atoms with van der Waals surface area (Å²) < 4.78 is 11.0. The van der Waals surface area contributed by atoms with Gasteiger partial charge in [0.2, 0.25) is 0 Å². The van der Waals surface area contributed by atoms with Gasteiger partial charge in [0.25, 0.3) is 0 Å². The molecular weight excluding hydrogens is 128 g/mol. The largest absolute Gasteiger partial charge is 0.369 e. The van der Waals surface area contributed by atoms with Gasteiger partial charge in [0.15, 0.2) is 0 Å². The van der Waals surface area contributed by atoms with E-state index in [0.717, 1.165) is 18.4 Å². The highest BCUT2D eigenvalue weighted by Gasteiger charge is 2.73. The second-order valence-corrected chi connectivity index (χ2v) is 4.23. The lowest BCUT2D eigenvalue weighted by molar-refractivity contribution is 0.206. The fourth-order valence-electron chi connectivity index (χ4n) is 3.17. The Morgan fingerprint density at radius 3 is 2.80 bits per heavy atom. The minimum Gasteiger partial charge on any atom is -0.369 e. The van der Waals surface area contributed by atoms with Gasteiger partial charge >= 0.3 is 0 Å². The number of hydrogen-bond donors (Lipinski definition) is 0. The molecule has 4 fully saturated rings. The summed E-state index contributed by atoms with van der Waals surface area (Å²) in [5.41, 5.74) is 0.350. The monoisotopic (exact) mass is 138 g/mol. The molecule has 10 heavy (non-hydrogen) atoms. The minimum absolute atomic E-state index is 0.350. The highest BCUT2D eigenvalue weighted by Crippen LogP contribution is 2.65. The van der Waals surface area contributed by atoms with Crippen LogP contribution in [-0.2, 0) is 9.47 Å². The third-order valence-electron chi connectivity index (χ3n) is 3.78. The van der Waals surface area contributed by atoms with Gasteiger partial charge < -0.3 is 9.47 Å². The van der Waals surface area contributed by atoms with Crippen LogP contribution in [0.15, 0.2) is 0 Å². The molecule has 2 saturated carbocycles. The van der Waals surface area contributed by atoms with Crippen molar-refractivity contribution >= 4 is 0 Å². The van der Waals surface area contributed by atoms with E-state index in [1.807, 2.05) is 0 Å². The van der Waals surface area contributed by atoms with Crippen molar-refractivity contribution in [2.45, 2.75) is 30.7 Å². The SMILES string of the molecule is C1[C@H]2C[C@@]3(CO3)[C@@H]1[C@H]1O[C@@H]21. The number of ether oxygens (including phenoxy) is 2. The Hall–Kier alpha value is -0.0800. The summed E-state index contributed by atoms with van der Waals surface area (Å²) in [6.07, 6.45) is 4.00. The topological polar surface area (TPSA) is 25.1 Å². The van der Waals surface area contributed by atoms with Crippen LogP contribution in [-0.4, -0.2) is 24.4 Å². The van der Waals surface area contributed by atoms with E-state index in [4.69, 9.17) is 9.47 Å². The molecule has 2 heteroatoms. The van der Waals surface area contributed by atoms with E-state index in [9.17, 15) is 0 Å². The molecule has 0 aromatic heterocycles. The Kier molecular flexibility index (Phi) is 0.504. The summed E-state index contributed by atoms with van der Waals surface area (Å²) in [5, 5.41) is 0. The van der Waals surface area contributed by atoms with E-state index < -0.39 is 0 Å². The van der Waals surface area contributed by atoms with E-state index in [2.05, 4.69) is 0 Å². The maximum atomic E-state index is 5.54. The Balaban J connectivity index is 1.84. The predicted octanol–water partition coefficient (Wildman–Crippen LogP) is 0.563. The number of fused-ring (bicyclic) bond motifs is 6. The normalized spacial score (nSPS) is 74.4. The number of hydrogen-bond acceptors (Lipinski definition) is 2. The molecule has 0 N–H and O–H groups in total. The second kappa shape index (κ2) is 1.07. The quantitative estimate of drug-likeness (QED) is 0.457. The van der Waals surface area contributed by atoms with Gasteiger partial charge in [-0.05, 0) is 18.8 Å². The molecule has 0 amide bonds.